The molecule has 0 aliphatic heterocycles. The van der Waals surface area contributed by atoms with Crippen molar-refractivity contribution in [3.05, 3.63) is 11.9 Å². The predicted molar refractivity (Wildman–Crippen MR) is 265 cm³/mol. The second kappa shape index (κ2) is 44.4. The maximum Gasteiger partial charge on any atom is 0.306 e. The van der Waals surface area contributed by atoms with E-state index in [-0.39, 0.29) is 23.6 Å². The maximum atomic E-state index is 12.9. The molecule has 0 spiro atoms. The Balaban J connectivity index is 4.71. The number of esters is 2. The number of nitrogens with zero attached hydrogens (tertiary/aromatic N) is 2. The first-order valence-electron chi connectivity index (χ1n) is 26.7. The number of hydrazine groups is 1. The van der Waals surface area contributed by atoms with E-state index >= 15 is 0 Å². The maximum absolute atomic E-state index is 12.9. The van der Waals surface area contributed by atoms with E-state index < -0.39 is 0 Å². The smallest absolute Gasteiger partial charge is 0.306 e. The van der Waals surface area contributed by atoms with Gasteiger partial charge in [-0.25, -0.2) is 5.43 Å². The molecule has 0 unspecified atom stereocenters. The second-order valence-electron chi connectivity index (χ2n) is 19.3. The molecule has 0 saturated heterocycles. The summed E-state index contributed by atoms with van der Waals surface area (Å²) in [4.78, 5) is 27.7. The van der Waals surface area contributed by atoms with Crippen molar-refractivity contribution in [3.63, 3.8) is 0 Å². The predicted octanol–water partition coefficient (Wildman–Crippen LogP) is 14.1. The Bertz CT molecular complexity index is 1000. The van der Waals surface area contributed by atoms with Gasteiger partial charge in [0.15, 0.2) is 0 Å². The van der Waals surface area contributed by atoms with Crippen LogP contribution in [0.5, 0.6) is 0 Å². The van der Waals surface area contributed by atoms with Crippen LogP contribution in [0.15, 0.2) is 11.9 Å². The van der Waals surface area contributed by atoms with Gasteiger partial charge in [-0.05, 0) is 105 Å². The molecule has 0 fully saturated rings. The van der Waals surface area contributed by atoms with E-state index in [0.29, 0.717) is 31.8 Å². The van der Waals surface area contributed by atoms with Crippen molar-refractivity contribution in [1.82, 2.24) is 15.3 Å². The van der Waals surface area contributed by atoms with Gasteiger partial charge in [-0.15, -0.1) is 0 Å². The van der Waals surface area contributed by atoms with Crippen LogP contribution in [0.4, 0.5) is 0 Å². The van der Waals surface area contributed by atoms with E-state index in [2.05, 4.69) is 36.1 Å². The molecule has 0 aromatic heterocycles. The Morgan fingerprint density at radius 1 is 0.548 bits per heavy atom. The van der Waals surface area contributed by atoms with Gasteiger partial charge in [-0.1, -0.05) is 162 Å². The zero-order valence-electron chi connectivity index (χ0n) is 42.5. The molecule has 0 aliphatic rings. The molecule has 0 aliphatic carbocycles. The quantitative estimate of drug-likeness (QED) is 0.0351. The van der Waals surface area contributed by atoms with Crippen LogP contribution in [0.25, 0.3) is 0 Å². The Hall–Kier alpha value is -1.84. The lowest BCUT2D eigenvalue weighted by Crippen LogP contribution is -2.35. The first-order valence-corrected chi connectivity index (χ1v) is 26.7. The number of ether oxygens (including phenoxy) is 3. The number of unbranched alkanes of at least 4 members (excludes halogenated alkanes) is 24. The standard InChI is InChI=1S/C53H106N4O5/c1-8-11-14-17-20-29-36-46-60-51(58)40-32-25-21-27-34-42-56(44-37-45-57(55-7)47-49(54)48-61-53(4,5)6)43-35-28-22-26-33-41-52(59)62-50(38-30-23-18-15-12-9-2)39-31-24-19-16-13-10-3/h47,50,55H,8-46,48,54H2,1-7H3/b49-47-. The fourth-order valence-corrected chi connectivity index (χ4v) is 7.98. The molecule has 0 saturated carbocycles. The average molecular weight is 879 g/mol. The number of hydrogen-bond acceptors (Lipinski definition) is 9. The van der Waals surface area contributed by atoms with E-state index in [1.54, 1.807) is 0 Å². The van der Waals surface area contributed by atoms with Crippen LogP contribution in [0.1, 0.15) is 260 Å². The number of rotatable bonds is 47. The van der Waals surface area contributed by atoms with Crippen LogP contribution in [-0.2, 0) is 23.8 Å². The molecular formula is C53H106N4O5. The Morgan fingerprint density at radius 2 is 0.968 bits per heavy atom. The lowest BCUT2D eigenvalue weighted by Gasteiger charge is -2.25. The highest BCUT2D eigenvalue weighted by atomic mass is 16.5. The van der Waals surface area contributed by atoms with E-state index in [9.17, 15) is 9.59 Å². The van der Waals surface area contributed by atoms with E-state index in [0.717, 1.165) is 96.8 Å². The molecule has 0 rings (SSSR count). The normalized spacial score (nSPS) is 12.2. The van der Waals surface area contributed by atoms with Gasteiger partial charge in [0.25, 0.3) is 0 Å². The molecular weight excluding hydrogens is 773 g/mol. The molecule has 0 bridgehead atoms. The fraction of sp³-hybridized carbons (Fsp3) is 0.925. The third-order valence-corrected chi connectivity index (χ3v) is 11.9. The summed E-state index contributed by atoms with van der Waals surface area (Å²) < 4.78 is 17.4. The van der Waals surface area contributed by atoms with Crippen molar-refractivity contribution < 1.29 is 23.8 Å². The van der Waals surface area contributed by atoms with Crippen LogP contribution in [0.3, 0.4) is 0 Å². The minimum absolute atomic E-state index is 0.0193. The minimum Gasteiger partial charge on any atom is -0.466 e. The molecule has 0 heterocycles. The summed E-state index contributed by atoms with van der Waals surface area (Å²) in [6.07, 6.45) is 41.4. The monoisotopic (exact) mass is 879 g/mol. The van der Waals surface area contributed by atoms with Gasteiger partial charge in [0.1, 0.15) is 6.10 Å². The number of nitrogens with two attached hydrogens (primary N) is 1. The molecule has 0 amide bonds. The molecule has 62 heavy (non-hydrogen) atoms. The van der Waals surface area contributed by atoms with Crippen LogP contribution in [0.2, 0.25) is 0 Å². The van der Waals surface area contributed by atoms with Gasteiger partial charge in [-0.3, -0.25) is 9.59 Å². The van der Waals surface area contributed by atoms with Gasteiger partial charge in [0.2, 0.25) is 0 Å². The van der Waals surface area contributed by atoms with Crippen molar-refractivity contribution in [2.24, 2.45) is 5.73 Å². The van der Waals surface area contributed by atoms with Crippen molar-refractivity contribution in [2.75, 3.05) is 46.4 Å². The third-order valence-electron chi connectivity index (χ3n) is 11.9. The molecule has 9 heteroatoms. The van der Waals surface area contributed by atoms with Crippen molar-refractivity contribution >= 4 is 11.9 Å². The van der Waals surface area contributed by atoms with Gasteiger partial charge in [0.05, 0.1) is 24.5 Å². The molecule has 0 radical (unpaired) electrons. The molecule has 0 aromatic rings. The van der Waals surface area contributed by atoms with E-state index in [4.69, 9.17) is 19.9 Å². The first kappa shape index (κ1) is 60.2. The number of carbonyl (C=O) groups is 2. The summed E-state index contributed by atoms with van der Waals surface area (Å²) in [7, 11) is 1.94. The summed E-state index contributed by atoms with van der Waals surface area (Å²) in [5.41, 5.74) is 10.0. The highest BCUT2D eigenvalue weighted by molar-refractivity contribution is 5.69. The van der Waals surface area contributed by atoms with E-state index in [1.165, 1.54) is 135 Å². The SMILES string of the molecule is CCCCCCCCCOC(=O)CCCCCCCN(CCCCCCCC(=O)OC(CCCCCCCC)CCCCCCCC)CCCN(/C=C(\N)COC(C)(C)C)NC. The largest absolute Gasteiger partial charge is 0.466 e. The van der Waals surface area contributed by atoms with Crippen molar-refractivity contribution in [3.8, 4) is 0 Å². The first-order chi connectivity index (χ1) is 30.0. The van der Waals surface area contributed by atoms with Gasteiger partial charge in [-0.2, -0.15) is 0 Å². The average Bonchev–Trinajstić information content (AvgIpc) is 3.24. The van der Waals surface area contributed by atoms with Crippen LogP contribution < -0.4 is 11.2 Å². The highest BCUT2D eigenvalue weighted by Gasteiger charge is 2.15. The Labute approximate surface area is 385 Å². The molecule has 368 valence electrons. The lowest BCUT2D eigenvalue weighted by atomic mass is 10.0. The van der Waals surface area contributed by atoms with Crippen LogP contribution >= 0.6 is 0 Å². The minimum atomic E-state index is -0.225. The summed E-state index contributed by atoms with van der Waals surface area (Å²) in [5.74, 6) is -0.00639. The van der Waals surface area contributed by atoms with Crippen LogP contribution in [0, 0.1) is 0 Å². The molecule has 0 atom stereocenters. The van der Waals surface area contributed by atoms with E-state index in [1.807, 2.05) is 34.0 Å². The topological polar surface area (TPSA) is 106 Å². The molecule has 9 nitrogen and oxygen atoms in total. The molecule has 0 aromatic carbocycles. The Morgan fingerprint density at radius 3 is 1.45 bits per heavy atom. The number of hydrogen-bond donors (Lipinski definition) is 2. The number of nitrogens with one attached hydrogen (secondary N) is 1. The van der Waals surface area contributed by atoms with Gasteiger partial charge in [0, 0.05) is 32.6 Å². The fourth-order valence-electron chi connectivity index (χ4n) is 7.98. The summed E-state index contributed by atoms with van der Waals surface area (Å²) in [5, 5.41) is 2.07. The van der Waals surface area contributed by atoms with Crippen molar-refractivity contribution in [1.29, 1.82) is 0 Å². The van der Waals surface area contributed by atoms with Gasteiger partial charge >= 0.3 is 11.9 Å². The summed E-state index contributed by atoms with van der Waals surface area (Å²) in [6, 6.07) is 0. The van der Waals surface area contributed by atoms with Crippen molar-refractivity contribution in [2.45, 2.75) is 272 Å². The molecule has 3 N–H and O–H groups in total. The zero-order chi connectivity index (χ0) is 45.8. The van der Waals surface area contributed by atoms with Crippen LogP contribution in [-0.4, -0.2) is 80.0 Å². The zero-order valence-corrected chi connectivity index (χ0v) is 42.5. The van der Waals surface area contributed by atoms with Gasteiger partial charge < -0.3 is 29.9 Å². The summed E-state index contributed by atoms with van der Waals surface area (Å²) in [6.45, 7) is 18.0. The number of carbonyl (C=O) groups excluding carboxylic acids is 2. The summed E-state index contributed by atoms with van der Waals surface area (Å²) >= 11 is 0. The Kier molecular flexibility index (Phi) is 43.0. The second-order valence-corrected chi connectivity index (χ2v) is 19.3. The lowest BCUT2D eigenvalue weighted by molar-refractivity contribution is -0.150. The third kappa shape index (κ3) is 43.4. The highest BCUT2D eigenvalue weighted by Crippen LogP contribution is 2.19.